The number of phenolic OH excluding ortho intramolecular Hbond substituents is 1. The normalized spacial score (nSPS) is 25.6. The topological polar surface area (TPSA) is 81.5 Å². The number of nitrogens with one attached hydrogen (secondary N) is 1. The maximum atomic E-state index is 10.5. The van der Waals surface area contributed by atoms with Crippen LogP contribution in [-0.4, -0.2) is 39.4 Å². The Morgan fingerprint density at radius 3 is 2.65 bits per heavy atom. The second-order valence-electron chi connectivity index (χ2n) is 7.66. The quantitative estimate of drug-likeness (QED) is 0.733. The summed E-state index contributed by atoms with van der Waals surface area (Å²) in [4.78, 5) is 11.5. The van der Waals surface area contributed by atoms with Crippen LogP contribution in [0.4, 0.5) is 17.5 Å². The van der Waals surface area contributed by atoms with Crippen molar-refractivity contribution in [3.63, 3.8) is 0 Å². The molecular formula is C20H26N4O2. The van der Waals surface area contributed by atoms with E-state index < -0.39 is 0 Å². The van der Waals surface area contributed by atoms with Crippen LogP contribution in [0.25, 0.3) is 0 Å². The second kappa shape index (κ2) is 6.76. The summed E-state index contributed by atoms with van der Waals surface area (Å²) in [5, 5.41) is 23.1. The largest absolute Gasteiger partial charge is 0.508 e. The molecule has 1 aromatic carbocycles. The molecule has 1 spiro atoms. The van der Waals surface area contributed by atoms with Crippen LogP contribution < -0.4 is 10.2 Å². The van der Waals surface area contributed by atoms with Gasteiger partial charge in [0.1, 0.15) is 11.6 Å². The van der Waals surface area contributed by atoms with Gasteiger partial charge in [0.2, 0.25) is 5.95 Å². The summed E-state index contributed by atoms with van der Waals surface area (Å²) in [6.07, 6.45) is 5.14. The van der Waals surface area contributed by atoms with Gasteiger partial charge in [-0.05, 0) is 56.9 Å². The first kappa shape index (κ1) is 17.1. The molecule has 1 saturated carbocycles. The van der Waals surface area contributed by atoms with Crippen LogP contribution in [0.3, 0.4) is 0 Å². The number of rotatable bonds is 3. The van der Waals surface area contributed by atoms with E-state index in [0.717, 1.165) is 62.4 Å². The molecule has 6 heteroatoms. The molecule has 1 aromatic heterocycles. The molecule has 0 radical (unpaired) electrons. The van der Waals surface area contributed by atoms with E-state index in [9.17, 15) is 10.2 Å². The van der Waals surface area contributed by atoms with Gasteiger partial charge in [-0.25, -0.2) is 4.98 Å². The van der Waals surface area contributed by atoms with Gasteiger partial charge in [0.25, 0.3) is 0 Å². The molecule has 2 atom stereocenters. The lowest BCUT2D eigenvalue weighted by Gasteiger charge is -2.43. The van der Waals surface area contributed by atoms with Crippen LogP contribution >= 0.6 is 0 Å². The predicted octanol–water partition coefficient (Wildman–Crippen LogP) is 3.37. The van der Waals surface area contributed by atoms with Crippen LogP contribution in [0.5, 0.6) is 5.75 Å². The molecule has 1 aliphatic carbocycles. The number of hydrogen-bond donors (Lipinski definition) is 3. The Balaban J connectivity index is 1.56. The first-order valence-electron chi connectivity index (χ1n) is 9.39. The van der Waals surface area contributed by atoms with Crippen LogP contribution in [0.1, 0.15) is 37.8 Å². The third-order valence-corrected chi connectivity index (χ3v) is 5.76. The number of aryl methyl sites for hydroxylation is 1. The minimum Gasteiger partial charge on any atom is -0.508 e. The van der Waals surface area contributed by atoms with Gasteiger partial charge in [-0.1, -0.05) is 6.42 Å². The molecule has 1 aliphatic heterocycles. The summed E-state index contributed by atoms with van der Waals surface area (Å²) < 4.78 is 0. The zero-order chi connectivity index (χ0) is 18.1. The Morgan fingerprint density at radius 2 is 1.92 bits per heavy atom. The molecule has 2 heterocycles. The number of anilines is 3. The molecule has 2 aromatic rings. The van der Waals surface area contributed by atoms with Gasteiger partial charge in [0, 0.05) is 36.0 Å². The highest BCUT2D eigenvalue weighted by molar-refractivity contribution is 5.56. The second-order valence-corrected chi connectivity index (χ2v) is 7.66. The molecule has 2 fully saturated rings. The fraction of sp³-hybridized carbons (Fsp3) is 0.500. The van der Waals surface area contributed by atoms with Crippen molar-refractivity contribution in [2.24, 2.45) is 5.41 Å². The number of benzene rings is 1. The zero-order valence-electron chi connectivity index (χ0n) is 15.1. The maximum absolute atomic E-state index is 10.5. The van der Waals surface area contributed by atoms with Crippen LogP contribution in [-0.2, 0) is 0 Å². The molecular weight excluding hydrogens is 328 g/mol. The van der Waals surface area contributed by atoms with E-state index in [1.54, 1.807) is 24.3 Å². The van der Waals surface area contributed by atoms with Crippen LogP contribution in [0, 0.1) is 12.3 Å². The van der Waals surface area contributed by atoms with Gasteiger partial charge in [0.15, 0.2) is 0 Å². The van der Waals surface area contributed by atoms with Crippen molar-refractivity contribution in [3.8, 4) is 5.75 Å². The van der Waals surface area contributed by atoms with Crippen molar-refractivity contribution in [1.29, 1.82) is 0 Å². The Kier molecular flexibility index (Phi) is 4.44. The van der Waals surface area contributed by atoms with E-state index in [0.29, 0.717) is 5.95 Å². The summed E-state index contributed by atoms with van der Waals surface area (Å²) in [6, 6.07) is 8.88. The first-order valence-corrected chi connectivity index (χ1v) is 9.39. The van der Waals surface area contributed by atoms with E-state index in [4.69, 9.17) is 4.98 Å². The molecule has 4 rings (SSSR count). The Hall–Kier alpha value is -2.34. The molecule has 6 nitrogen and oxygen atoms in total. The minimum absolute atomic E-state index is 0.0294. The van der Waals surface area contributed by atoms with Crippen molar-refractivity contribution >= 4 is 17.5 Å². The van der Waals surface area contributed by atoms with Crippen molar-refractivity contribution in [3.05, 3.63) is 36.0 Å². The Morgan fingerprint density at radius 1 is 1.15 bits per heavy atom. The van der Waals surface area contributed by atoms with E-state index in [-0.39, 0.29) is 17.3 Å². The fourth-order valence-corrected chi connectivity index (χ4v) is 4.40. The van der Waals surface area contributed by atoms with Crippen molar-refractivity contribution in [2.75, 3.05) is 23.3 Å². The number of nitrogens with zero attached hydrogens (tertiary/aromatic N) is 3. The van der Waals surface area contributed by atoms with E-state index >= 15 is 0 Å². The molecule has 3 N–H and O–H groups in total. The van der Waals surface area contributed by atoms with Gasteiger partial charge in [-0.3, -0.25) is 0 Å². The number of piperidine rings is 1. The Bertz CT molecular complexity index is 780. The highest BCUT2D eigenvalue weighted by Gasteiger charge is 2.45. The van der Waals surface area contributed by atoms with Crippen LogP contribution in [0.2, 0.25) is 0 Å². The molecule has 0 amide bonds. The molecule has 138 valence electrons. The summed E-state index contributed by atoms with van der Waals surface area (Å²) in [7, 11) is 0. The summed E-state index contributed by atoms with van der Waals surface area (Å²) in [5.41, 5.74) is 1.77. The number of aromatic hydroxyl groups is 1. The SMILES string of the molecule is Cc1cc(N2CCC[C@]3(CCC[C@H]3O)C2)nc(Nc2ccc(O)cc2)n1. The van der Waals surface area contributed by atoms with Gasteiger partial charge in [0.05, 0.1) is 6.10 Å². The Labute approximate surface area is 153 Å². The third-order valence-electron chi connectivity index (χ3n) is 5.76. The van der Waals surface area contributed by atoms with Gasteiger partial charge >= 0.3 is 0 Å². The highest BCUT2D eigenvalue weighted by atomic mass is 16.3. The fourth-order valence-electron chi connectivity index (χ4n) is 4.40. The third kappa shape index (κ3) is 3.33. The van der Waals surface area contributed by atoms with Crippen LogP contribution in [0.15, 0.2) is 30.3 Å². The minimum atomic E-state index is -0.192. The zero-order valence-corrected chi connectivity index (χ0v) is 15.1. The number of hydrogen-bond acceptors (Lipinski definition) is 6. The van der Waals surface area contributed by atoms with Gasteiger partial charge < -0.3 is 20.4 Å². The average molecular weight is 354 g/mol. The number of aliphatic hydroxyl groups is 1. The summed E-state index contributed by atoms with van der Waals surface area (Å²) >= 11 is 0. The van der Waals surface area contributed by atoms with Crippen molar-refractivity contribution in [2.45, 2.75) is 45.1 Å². The van der Waals surface area contributed by atoms with Crippen molar-refractivity contribution in [1.82, 2.24) is 9.97 Å². The lowest BCUT2D eigenvalue weighted by Crippen LogP contribution is -2.47. The molecule has 0 unspecified atom stereocenters. The molecule has 0 bridgehead atoms. The van der Waals surface area contributed by atoms with Gasteiger partial charge in [-0.2, -0.15) is 4.98 Å². The number of phenols is 1. The number of aliphatic hydroxyl groups excluding tert-OH is 1. The summed E-state index contributed by atoms with van der Waals surface area (Å²) in [5.74, 6) is 1.70. The maximum Gasteiger partial charge on any atom is 0.229 e. The standard InChI is InChI=1S/C20H26N4O2/c1-14-12-18(23-19(21-14)22-15-5-7-16(25)8-6-15)24-11-3-10-20(13-24)9-2-4-17(20)26/h5-8,12,17,25-26H,2-4,9-11,13H2,1H3,(H,21,22,23)/t17-,20-/m1/s1. The van der Waals surface area contributed by atoms with E-state index in [2.05, 4.69) is 15.2 Å². The lowest BCUT2D eigenvalue weighted by atomic mass is 9.77. The molecule has 2 aliphatic rings. The highest BCUT2D eigenvalue weighted by Crippen LogP contribution is 2.45. The predicted molar refractivity (Wildman–Crippen MR) is 102 cm³/mol. The lowest BCUT2D eigenvalue weighted by molar-refractivity contribution is 0.0408. The summed E-state index contributed by atoms with van der Waals surface area (Å²) in [6.45, 7) is 3.80. The molecule has 1 saturated heterocycles. The van der Waals surface area contributed by atoms with Gasteiger partial charge in [-0.15, -0.1) is 0 Å². The van der Waals surface area contributed by atoms with E-state index in [1.165, 1.54) is 0 Å². The first-order chi connectivity index (χ1) is 12.5. The monoisotopic (exact) mass is 354 g/mol. The van der Waals surface area contributed by atoms with E-state index in [1.807, 2.05) is 13.0 Å². The molecule has 26 heavy (non-hydrogen) atoms. The smallest absolute Gasteiger partial charge is 0.229 e. The number of aromatic nitrogens is 2. The average Bonchev–Trinajstić information content (AvgIpc) is 2.96. The van der Waals surface area contributed by atoms with Crippen molar-refractivity contribution < 1.29 is 10.2 Å².